The molecule has 1 atom stereocenters. The van der Waals surface area contributed by atoms with Gasteiger partial charge < -0.3 is 14.0 Å². The van der Waals surface area contributed by atoms with Gasteiger partial charge in [0.1, 0.15) is 18.2 Å². The maximum absolute atomic E-state index is 14.6. The zero-order valence-electron chi connectivity index (χ0n) is 25.1. The molecular formula is C35H39FN2O4S. The van der Waals surface area contributed by atoms with Gasteiger partial charge in [0.05, 0.1) is 40.9 Å². The van der Waals surface area contributed by atoms with Crippen LogP contribution in [0.15, 0.2) is 84.0 Å². The summed E-state index contributed by atoms with van der Waals surface area (Å²) in [4.78, 5) is 17.7. The molecule has 0 spiro atoms. The van der Waals surface area contributed by atoms with E-state index in [2.05, 4.69) is 11.9 Å². The van der Waals surface area contributed by atoms with Gasteiger partial charge in [-0.25, -0.2) is 9.37 Å². The molecule has 8 heteroatoms. The first kappa shape index (κ1) is 32.0. The van der Waals surface area contributed by atoms with Gasteiger partial charge >= 0.3 is 0 Å². The van der Waals surface area contributed by atoms with Gasteiger partial charge in [0, 0.05) is 30.0 Å². The van der Waals surface area contributed by atoms with Crippen molar-refractivity contribution in [3.63, 3.8) is 0 Å². The molecule has 0 aliphatic carbocycles. The summed E-state index contributed by atoms with van der Waals surface area (Å²) in [7, 11) is -1.22. The number of aryl methyl sites for hydroxylation is 2. The summed E-state index contributed by atoms with van der Waals surface area (Å²) in [6.07, 6.45) is 7.00. The molecule has 43 heavy (non-hydrogen) atoms. The van der Waals surface area contributed by atoms with Crippen molar-refractivity contribution in [2.24, 2.45) is 0 Å². The molecule has 226 valence electrons. The Kier molecular flexibility index (Phi) is 12.0. The quantitative estimate of drug-likeness (QED) is 0.0991. The van der Waals surface area contributed by atoms with Crippen LogP contribution in [0.1, 0.15) is 49.2 Å². The highest BCUT2D eigenvalue weighted by Gasteiger charge is 2.13. The number of imidazole rings is 1. The Morgan fingerprint density at radius 3 is 2.44 bits per heavy atom. The molecule has 4 aromatic rings. The Labute approximate surface area is 256 Å². The fourth-order valence-corrected chi connectivity index (χ4v) is 5.77. The molecule has 0 saturated heterocycles. The Morgan fingerprint density at radius 2 is 1.72 bits per heavy atom. The van der Waals surface area contributed by atoms with E-state index in [0.29, 0.717) is 29.4 Å². The van der Waals surface area contributed by atoms with Crippen LogP contribution in [0.25, 0.3) is 17.2 Å². The van der Waals surface area contributed by atoms with E-state index in [1.807, 2.05) is 54.8 Å². The lowest BCUT2D eigenvalue weighted by Crippen LogP contribution is -2.07. The van der Waals surface area contributed by atoms with Crippen molar-refractivity contribution in [1.82, 2.24) is 9.55 Å². The first-order valence-electron chi connectivity index (χ1n) is 14.7. The van der Waals surface area contributed by atoms with E-state index in [4.69, 9.17) is 9.47 Å². The zero-order chi connectivity index (χ0) is 30.6. The minimum absolute atomic E-state index is 0.152. The van der Waals surface area contributed by atoms with Crippen LogP contribution >= 0.6 is 0 Å². The van der Waals surface area contributed by atoms with Gasteiger partial charge in [-0.15, -0.1) is 0 Å². The largest absolute Gasteiger partial charge is 0.491 e. The molecule has 3 aromatic carbocycles. The second-order valence-electron chi connectivity index (χ2n) is 10.2. The molecule has 0 amide bonds. The van der Waals surface area contributed by atoms with Gasteiger partial charge in [-0.3, -0.25) is 9.00 Å². The molecule has 0 radical (unpaired) electrons. The smallest absolute Gasteiger partial charge is 0.160 e. The molecule has 1 heterocycles. The Bertz CT molecular complexity index is 1550. The summed E-state index contributed by atoms with van der Waals surface area (Å²) in [6.45, 7) is 8.63. The van der Waals surface area contributed by atoms with Crippen molar-refractivity contribution in [2.45, 2.75) is 57.2 Å². The number of hydrogen-bond acceptors (Lipinski definition) is 5. The highest BCUT2D eigenvalue weighted by atomic mass is 32.2. The fraction of sp³-hybridized carbons (Fsp3) is 0.314. The molecule has 0 bridgehead atoms. The van der Waals surface area contributed by atoms with E-state index in [1.54, 1.807) is 30.6 Å². The molecule has 0 aliphatic rings. The van der Waals surface area contributed by atoms with Gasteiger partial charge in [-0.1, -0.05) is 43.7 Å². The maximum atomic E-state index is 14.6. The molecule has 6 nitrogen and oxygen atoms in total. The van der Waals surface area contributed by atoms with E-state index in [-0.39, 0.29) is 12.2 Å². The minimum Gasteiger partial charge on any atom is -0.491 e. The Morgan fingerprint density at radius 1 is 0.977 bits per heavy atom. The predicted molar refractivity (Wildman–Crippen MR) is 170 cm³/mol. The number of rotatable bonds is 16. The van der Waals surface area contributed by atoms with E-state index in [0.717, 1.165) is 59.8 Å². The number of benzene rings is 3. The van der Waals surface area contributed by atoms with Gasteiger partial charge in [0.15, 0.2) is 5.78 Å². The molecule has 0 N–H and O–H groups in total. The lowest BCUT2D eigenvalue weighted by molar-refractivity contribution is -0.113. The van der Waals surface area contributed by atoms with E-state index >= 15 is 0 Å². The summed E-state index contributed by atoms with van der Waals surface area (Å²) in [5, 5.41) is 0. The number of ketones is 1. The van der Waals surface area contributed by atoms with Crippen LogP contribution < -0.4 is 4.74 Å². The average molecular weight is 603 g/mol. The monoisotopic (exact) mass is 602 g/mol. The predicted octanol–water partition coefficient (Wildman–Crippen LogP) is 7.35. The van der Waals surface area contributed by atoms with Crippen molar-refractivity contribution in [1.29, 1.82) is 0 Å². The molecule has 1 aromatic heterocycles. The molecule has 4 rings (SSSR count). The topological polar surface area (TPSA) is 70.4 Å². The molecular weight excluding hydrogens is 563 g/mol. The van der Waals surface area contributed by atoms with Crippen molar-refractivity contribution in [2.75, 3.05) is 19.8 Å². The summed E-state index contributed by atoms with van der Waals surface area (Å²) in [5.41, 5.74) is 4.74. The second-order valence-corrected chi connectivity index (χ2v) is 11.7. The number of nitrogens with zero attached hydrogens (tertiary/aromatic N) is 2. The Balaban J connectivity index is 1.32. The Hall–Kier alpha value is -3.88. The average Bonchev–Trinajstić information content (AvgIpc) is 3.37. The first-order chi connectivity index (χ1) is 20.9. The third-order valence-corrected chi connectivity index (χ3v) is 8.43. The molecule has 1 unspecified atom stereocenters. The standard InChI is InChI=1S/C35H39FN2O4S/c1-4-6-19-41-20-21-42-32-14-10-28(11-15-32)29-12-18-34(36)30(23-29)9-13-31(39)22-27-7-16-33(17-8-27)43(40)24-35-26(3)37-25-38(35)5-2/h7-18,23,25H,4-6,19-22,24H2,1-3H3/b13-9+. The number of carbonyl (C=O) groups excluding carboxylic acids is 1. The number of halogens is 1. The number of ether oxygens (including phenoxy) is 2. The van der Waals surface area contributed by atoms with Gasteiger partial charge in [-0.2, -0.15) is 0 Å². The van der Waals surface area contributed by atoms with Crippen LogP contribution in [-0.2, 0) is 39.0 Å². The van der Waals surface area contributed by atoms with Crippen LogP contribution in [-0.4, -0.2) is 39.4 Å². The third kappa shape index (κ3) is 9.30. The number of carbonyl (C=O) groups is 1. The van der Waals surface area contributed by atoms with Gasteiger partial charge in [0.2, 0.25) is 0 Å². The summed E-state index contributed by atoms with van der Waals surface area (Å²) in [5.74, 6) is 0.579. The van der Waals surface area contributed by atoms with E-state index in [1.165, 1.54) is 18.2 Å². The zero-order valence-corrected chi connectivity index (χ0v) is 25.9. The van der Waals surface area contributed by atoms with Crippen LogP contribution in [0.5, 0.6) is 5.75 Å². The minimum atomic E-state index is -1.22. The highest BCUT2D eigenvalue weighted by Crippen LogP contribution is 2.25. The molecule has 0 aliphatic heterocycles. The fourth-order valence-electron chi connectivity index (χ4n) is 4.54. The van der Waals surface area contributed by atoms with Gasteiger partial charge in [0.25, 0.3) is 0 Å². The highest BCUT2D eigenvalue weighted by molar-refractivity contribution is 7.84. The summed E-state index contributed by atoms with van der Waals surface area (Å²) < 4.78 is 40.8. The molecule has 0 saturated carbocycles. The van der Waals surface area contributed by atoms with E-state index < -0.39 is 16.6 Å². The van der Waals surface area contributed by atoms with Crippen LogP contribution in [0.3, 0.4) is 0 Å². The number of allylic oxidation sites excluding steroid dienone is 1. The van der Waals surface area contributed by atoms with Crippen molar-refractivity contribution in [3.05, 3.63) is 107 Å². The van der Waals surface area contributed by atoms with Crippen molar-refractivity contribution < 1.29 is 22.9 Å². The lowest BCUT2D eigenvalue weighted by Gasteiger charge is -2.09. The summed E-state index contributed by atoms with van der Waals surface area (Å²) >= 11 is 0. The van der Waals surface area contributed by atoms with Crippen molar-refractivity contribution in [3.8, 4) is 16.9 Å². The normalized spacial score (nSPS) is 12.1. The second kappa shape index (κ2) is 16.1. The SMILES string of the molecule is CCCCOCCOc1ccc(-c2ccc(F)c(/C=C/C(=O)Cc3ccc(S(=O)Cc4c(C)ncn4CC)cc3)c2)cc1. The van der Waals surface area contributed by atoms with E-state index in [9.17, 15) is 13.4 Å². The van der Waals surface area contributed by atoms with Crippen LogP contribution in [0.2, 0.25) is 0 Å². The first-order valence-corrected chi connectivity index (χ1v) is 16.0. The van der Waals surface area contributed by atoms with Crippen LogP contribution in [0.4, 0.5) is 4.39 Å². The van der Waals surface area contributed by atoms with Gasteiger partial charge in [-0.05, 0) is 85.5 Å². The lowest BCUT2D eigenvalue weighted by atomic mass is 10.0. The number of aromatic nitrogens is 2. The van der Waals surface area contributed by atoms with Crippen LogP contribution in [0, 0.1) is 12.7 Å². The maximum Gasteiger partial charge on any atom is 0.160 e. The molecule has 0 fully saturated rings. The third-order valence-electron chi connectivity index (χ3n) is 7.10. The number of hydrogen-bond donors (Lipinski definition) is 0. The number of unbranched alkanes of at least 4 members (excludes halogenated alkanes) is 1. The van der Waals surface area contributed by atoms with Crippen molar-refractivity contribution >= 4 is 22.7 Å². The summed E-state index contributed by atoms with van der Waals surface area (Å²) in [6, 6.07) is 19.7.